The molecule has 2 aromatic rings. The average Bonchev–Trinajstić information content (AvgIpc) is 3.16. The van der Waals surface area contributed by atoms with Gasteiger partial charge in [-0.15, -0.1) is 0 Å². The van der Waals surface area contributed by atoms with Crippen LogP contribution in [0.25, 0.3) is 0 Å². The highest BCUT2D eigenvalue weighted by Crippen LogP contribution is 2.23. The number of rotatable bonds is 4. The molecule has 1 saturated heterocycles. The van der Waals surface area contributed by atoms with Crippen molar-refractivity contribution in [1.82, 2.24) is 10.2 Å². The minimum atomic E-state index is -0.324. The molecule has 1 fully saturated rings. The van der Waals surface area contributed by atoms with Gasteiger partial charge in [-0.2, -0.15) is 0 Å². The predicted octanol–water partition coefficient (Wildman–Crippen LogP) is 2.34. The Labute approximate surface area is 141 Å². The van der Waals surface area contributed by atoms with Gasteiger partial charge in [-0.25, -0.2) is 0 Å². The summed E-state index contributed by atoms with van der Waals surface area (Å²) in [4.78, 5) is 27.5. The van der Waals surface area contributed by atoms with Gasteiger partial charge in [0, 0.05) is 12.1 Å². The number of amides is 2. The fourth-order valence-corrected chi connectivity index (χ4v) is 2.95. The maximum Gasteiger partial charge on any atom is 0.264 e. The Hall–Kier alpha value is -2.66. The molecule has 0 bridgehead atoms. The third kappa shape index (κ3) is 3.16. The number of hydrogen-bond acceptors (Lipinski definition) is 4. The molecule has 1 heterocycles. The lowest BCUT2D eigenvalue weighted by molar-refractivity contribution is 0.0555. The number of nitrogens with zero attached hydrogens (tertiary/aromatic N) is 1. The zero-order valence-electron chi connectivity index (χ0n) is 13.6. The highest BCUT2D eigenvalue weighted by atomic mass is 16.5. The molecule has 24 heavy (non-hydrogen) atoms. The number of imide groups is 1. The summed E-state index contributed by atoms with van der Waals surface area (Å²) >= 11 is 0. The van der Waals surface area contributed by atoms with Crippen molar-refractivity contribution in [2.45, 2.75) is 12.5 Å². The van der Waals surface area contributed by atoms with E-state index in [0.717, 1.165) is 13.0 Å². The maximum absolute atomic E-state index is 13.1. The highest BCUT2D eigenvalue weighted by molar-refractivity contribution is 6.11. The van der Waals surface area contributed by atoms with Crippen LogP contribution >= 0.6 is 0 Å². The van der Waals surface area contributed by atoms with Gasteiger partial charge in [0.05, 0.1) is 18.7 Å². The molecule has 1 unspecified atom stereocenters. The van der Waals surface area contributed by atoms with Crippen molar-refractivity contribution >= 4 is 11.8 Å². The standard InChI is InChI=1S/C19H20N2O3/c1-24-17-10-6-5-9-16(17)19(23)21(15-11-12-20-13-15)18(22)14-7-3-2-4-8-14/h2-10,15,20H,11-13H2,1H3. The Morgan fingerprint density at radius 3 is 2.42 bits per heavy atom. The number of methoxy groups -OCH3 is 1. The molecule has 1 aliphatic heterocycles. The van der Waals surface area contributed by atoms with Gasteiger partial charge in [0.25, 0.3) is 11.8 Å². The van der Waals surface area contributed by atoms with Crippen LogP contribution in [0.1, 0.15) is 27.1 Å². The zero-order chi connectivity index (χ0) is 16.9. The van der Waals surface area contributed by atoms with Crippen molar-refractivity contribution in [2.24, 2.45) is 0 Å². The molecule has 3 rings (SSSR count). The molecule has 5 heteroatoms. The van der Waals surface area contributed by atoms with Gasteiger partial charge in [-0.05, 0) is 37.2 Å². The second-order valence-electron chi connectivity index (χ2n) is 5.69. The first-order chi connectivity index (χ1) is 11.7. The number of benzene rings is 2. The summed E-state index contributed by atoms with van der Waals surface area (Å²) < 4.78 is 5.29. The molecule has 0 aromatic heterocycles. The second kappa shape index (κ2) is 7.27. The van der Waals surface area contributed by atoms with E-state index in [-0.39, 0.29) is 17.9 Å². The third-order valence-corrected chi connectivity index (χ3v) is 4.20. The Balaban J connectivity index is 1.98. The van der Waals surface area contributed by atoms with Gasteiger partial charge >= 0.3 is 0 Å². The molecule has 124 valence electrons. The minimum absolute atomic E-state index is 0.157. The molecular formula is C19H20N2O3. The van der Waals surface area contributed by atoms with Crippen molar-refractivity contribution in [2.75, 3.05) is 20.2 Å². The fraction of sp³-hybridized carbons (Fsp3) is 0.263. The van der Waals surface area contributed by atoms with Crippen molar-refractivity contribution in [3.63, 3.8) is 0 Å². The van der Waals surface area contributed by atoms with Crippen molar-refractivity contribution in [1.29, 1.82) is 0 Å². The SMILES string of the molecule is COc1ccccc1C(=O)N(C(=O)c1ccccc1)C1CCNC1. The molecule has 0 radical (unpaired) electrons. The number of hydrogen-bond donors (Lipinski definition) is 1. The summed E-state index contributed by atoms with van der Waals surface area (Å²) in [6, 6.07) is 15.7. The molecule has 2 aromatic carbocycles. The Morgan fingerprint density at radius 2 is 1.75 bits per heavy atom. The quantitative estimate of drug-likeness (QED) is 0.877. The topological polar surface area (TPSA) is 58.6 Å². The molecule has 0 spiro atoms. The van der Waals surface area contributed by atoms with Crippen LogP contribution < -0.4 is 10.1 Å². The first kappa shape index (κ1) is 16.2. The first-order valence-electron chi connectivity index (χ1n) is 7.99. The fourth-order valence-electron chi connectivity index (χ4n) is 2.95. The van der Waals surface area contributed by atoms with E-state index in [1.807, 2.05) is 6.07 Å². The molecule has 2 amide bonds. The summed E-state index contributed by atoms with van der Waals surface area (Å²) in [5.41, 5.74) is 0.906. The number of ether oxygens (including phenoxy) is 1. The Morgan fingerprint density at radius 1 is 1.04 bits per heavy atom. The lowest BCUT2D eigenvalue weighted by Gasteiger charge is -2.27. The number of nitrogens with one attached hydrogen (secondary N) is 1. The van der Waals surface area contributed by atoms with Crippen LogP contribution in [0, 0.1) is 0 Å². The average molecular weight is 324 g/mol. The summed E-state index contributed by atoms with van der Waals surface area (Å²) in [5, 5.41) is 3.22. The first-order valence-corrected chi connectivity index (χ1v) is 7.99. The van der Waals surface area contributed by atoms with Gasteiger partial charge in [0.1, 0.15) is 5.75 Å². The molecule has 0 saturated carbocycles. The van der Waals surface area contributed by atoms with Gasteiger partial charge < -0.3 is 10.1 Å². The van der Waals surface area contributed by atoms with Gasteiger partial charge in [-0.3, -0.25) is 14.5 Å². The summed E-state index contributed by atoms with van der Waals surface area (Å²) in [6.45, 7) is 1.40. The summed E-state index contributed by atoms with van der Waals surface area (Å²) in [5.74, 6) is -0.130. The zero-order valence-corrected chi connectivity index (χ0v) is 13.6. The van der Waals surface area contributed by atoms with Crippen LogP contribution in [0.4, 0.5) is 0 Å². The second-order valence-corrected chi connectivity index (χ2v) is 5.69. The van der Waals surface area contributed by atoms with E-state index in [1.54, 1.807) is 48.5 Å². The normalized spacial score (nSPS) is 16.6. The van der Waals surface area contributed by atoms with Gasteiger partial charge in [0.15, 0.2) is 0 Å². The van der Waals surface area contributed by atoms with E-state index in [2.05, 4.69) is 5.32 Å². The Bertz CT molecular complexity index is 724. The molecule has 0 aliphatic carbocycles. The lowest BCUT2D eigenvalue weighted by Crippen LogP contribution is -2.45. The third-order valence-electron chi connectivity index (χ3n) is 4.20. The highest BCUT2D eigenvalue weighted by Gasteiger charge is 2.34. The van der Waals surface area contributed by atoms with E-state index in [0.29, 0.717) is 23.4 Å². The molecular weight excluding hydrogens is 304 g/mol. The smallest absolute Gasteiger partial charge is 0.264 e. The van der Waals surface area contributed by atoms with Crippen molar-refractivity contribution in [3.05, 3.63) is 65.7 Å². The van der Waals surface area contributed by atoms with Crippen molar-refractivity contribution < 1.29 is 14.3 Å². The van der Waals surface area contributed by atoms with Crippen LogP contribution in [0.5, 0.6) is 5.75 Å². The lowest BCUT2D eigenvalue weighted by atomic mass is 10.1. The van der Waals surface area contributed by atoms with Crippen LogP contribution in [-0.2, 0) is 0 Å². The summed E-state index contributed by atoms with van der Waals surface area (Å²) in [7, 11) is 1.52. The minimum Gasteiger partial charge on any atom is -0.496 e. The largest absolute Gasteiger partial charge is 0.496 e. The van der Waals surface area contributed by atoms with E-state index in [9.17, 15) is 9.59 Å². The van der Waals surface area contributed by atoms with Crippen LogP contribution in [-0.4, -0.2) is 43.0 Å². The molecule has 1 N–H and O–H groups in total. The van der Waals surface area contributed by atoms with Crippen LogP contribution in [0.2, 0.25) is 0 Å². The van der Waals surface area contributed by atoms with Crippen molar-refractivity contribution in [3.8, 4) is 5.75 Å². The monoisotopic (exact) mass is 324 g/mol. The van der Waals surface area contributed by atoms with Crippen LogP contribution in [0.3, 0.4) is 0 Å². The van der Waals surface area contributed by atoms with Crippen LogP contribution in [0.15, 0.2) is 54.6 Å². The predicted molar refractivity (Wildman–Crippen MR) is 91.2 cm³/mol. The Kier molecular flexibility index (Phi) is 4.91. The molecule has 5 nitrogen and oxygen atoms in total. The van der Waals surface area contributed by atoms with E-state index in [1.165, 1.54) is 12.0 Å². The molecule has 1 aliphatic rings. The number of carbonyl (C=O) groups excluding carboxylic acids is 2. The van der Waals surface area contributed by atoms with Gasteiger partial charge in [0.2, 0.25) is 0 Å². The van der Waals surface area contributed by atoms with E-state index < -0.39 is 0 Å². The van der Waals surface area contributed by atoms with Gasteiger partial charge in [-0.1, -0.05) is 30.3 Å². The van der Waals surface area contributed by atoms with E-state index >= 15 is 0 Å². The summed E-state index contributed by atoms with van der Waals surface area (Å²) in [6.07, 6.45) is 0.749. The maximum atomic E-state index is 13.1. The number of para-hydroxylation sites is 1. The molecule has 1 atom stereocenters. The van der Waals surface area contributed by atoms with E-state index in [4.69, 9.17) is 4.74 Å². The number of carbonyl (C=O) groups is 2.